The smallest absolute Gasteiger partial charge is 0.146 e. The second-order valence-electron chi connectivity index (χ2n) is 7.57. The number of benzene rings is 3. The van der Waals surface area contributed by atoms with Gasteiger partial charge < -0.3 is 4.57 Å². The lowest BCUT2D eigenvalue weighted by molar-refractivity contribution is 1.17. The SMILES string of the molecule is c1ccc(-n2c3ccccc3c3ccc4c5ncccc5c5nccn5c4c32)cc1. The zero-order valence-corrected chi connectivity index (χ0v) is 16.0. The van der Waals surface area contributed by atoms with Gasteiger partial charge >= 0.3 is 0 Å². The summed E-state index contributed by atoms with van der Waals surface area (Å²) in [5.41, 5.74) is 6.56. The molecule has 4 heterocycles. The molecule has 3 aromatic carbocycles. The first-order valence-electron chi connectivity index (χ1n) is 10.0. The first kappa shape index (κ1) is 15.7. The fourth-order valence-corrected chi connectivity index (χ4v) is 4.80. The molecule has 30 heavy (non-hydrogen) atoms. The molecule has 0 bridgehead atoms. The maximum atomic E-state index is 4.74. The highest BCUT2D eigenvalue weighted by atomic mass is 15.0. The zero-order chi connectivity index (χ0) is 19.7. The highest BCUT2D eigenvalue weighted by Crippen LogP contribution is 2.38. The predicted molar refractivity (Wildman–Crippen MR) is 122 cm³/mol. The Morgan fingerprint density at radius 3 is 2.30 bits per heavy atom. The van der Waals surface area contributed by atoms with Crippen molar-refractivity contribution in [3.63, 3.8) is 0 Å². The number of rotatable bonds is 1. The molecule has 0 radical (unpaired) electrons. The second-order valence-corrected chi connectivity index (χ2v) is 7.57. The number of nitrogens with zero attached hydrogens (tertiary/aromatic N) is 4. The number of aromatic nitrogens is 4. The number of fused-ring (bicyclic) bond motifs is 10. The van der Waals surface area contributed by atoms with Crippen molar-refractivity contribution < 1.29 is 0 Å². The van der Waals surface area contributed by atoms with E-state index in [1.165, 1.54) is 21.8 Å². The Balaban J connectivity index is 1.86. The minimum absolute atomic E-state index is 0.933. The molecule has 140 valence electrons. The lowest BCUT2D eigenvalue weighted by atomic mass is 10.1. The van der Waals surface area contributed by atoms with E-state index >= 15 is 0 Å². The normalized spacial score (nSPS) is 12.0. The van der Waals surface area contributed by atoms with Gasteiger partial charge in [0, 0.05) is 45.8 Å². The average molecular weight is 384 g/mol. The van der Waals surface area contributed by atoms with E-state index in [9.17, 15) is 0 Å². The van der Waals surface area contributed by atoms with E-state index in [2.05, 4.69) is 92.9 Å². The molecule has 4 aromatic heterocycles. The van der Waals surface area contributed by atoms with Gasteiger partial charge in [0.1, 0.15) is 5.65 Å². The molecule has 0 aliphatic carbocycles. The van der Waals surface area contributed by atoms with Gasteiger partial charge in [0.15, 0.2) is 0 Å². The van der Waals surface area contributed by atoms with Gasteiger partial charge in [0.2, 0.25) is 0 Å². The molecule has 4 heteroatoms. The predicted octanol–water partition coefficient (Wildman–Crippen LogP) is 6.13. The molecule has 0 fully saturated rings. The van der Waals surface area contributed by atoms with Crippen molar-refractivity contribution in [3.05, 3.63) is 97.5 Å². The van der Waals surface area contributed by atoms with Gasteiger partial charge in [-0.2, -0.15) is 0 Å². The van der Waals surface area contributed by atoms with E-state index in [1.54, 1.807) is 0 Å². The van der Waals surface area contributed by atoms with Crippen molar-refractivity contribution >= 4 is 49.3 Å². The van der Waals surface area contributed by atoms with Crippen LogP contribution in [-0.4, -0.2) is 18.9 Å². The van der Waals surface area contributed by atoms with E-state index in [1.807, 2.05) is 18.5 Å². The Bertz CT molecular complexity index is 1740. The third-order valence-corrected chi connectivity index (χ3v) is 6.01. The molecule has 0 aliphatic rings. The first-order valence-corrected chi connectivity index (χ1v) is 10.0. The van der Waals surface area contributed by atoms with Crippen LogP contribution >= 0.6 is 0 Å². The van der Waals surface area contributed by atoms with Gasteiger partial charge in [0.25, 0.3) is 0 Å². The minimum Gasteiger partial charge on any atom is -0.307 e. The van der Waals surface area contributed by atoms with Crippen LogP contribution in [0.25, 0.3) is 54.9 Å². The fraction of sp³-hybridized carbons (Fsp3) is 0. The molecular weight excluding hydrogens is 368 g/mol. The minimum atomic E-state index is 0.933. The summed E-state index contributed by atoms with van der Waals surface area (Å²) in [6.07, 6.45) is 5.78. The Kier molecular flexibility index (Phi) is 2.97. The Morgan fingerprint density at radius 1 is 0.567 bits per heavy atom. The Morgan fingerprint density at radius 2 is 1.37 bits per heavy atom. The first-order chi connectivity index (χ1) is 14.9. The van der Waals surface area contributed by atoms with Crippen LogP contribution in [0.15, 0.2) is 97.5 Å². The molecule has 7 aromatic rings. The van der Waals surface area contributed by atoms with Gasteiger partial charge in [0.05, 0.1) is 22.1 Å². The van der Waals surface area contributed by atoms with Gasteiger partial charge in [-0.05, 0) is 36.4 Å². The quantitative estimate of drug-likeness (QED) is 0.319. The largest absolute Gasteiger partial charge is 0.307 e. The number of para-hydroxylation sites is 2. The highest BCUT2D eigenvalue weighted by molar-refractivity contribution is 6.22. The Labute approximate surface area is 171 Å². The summed E-state index contributed by atoms with van der Waals surface area (Å²) in [5, 5.41) is 4.67. The third-order valence-electron chi connectivity index (χ3n) is 6.01. The zero-order valence-electron chi connectivity index (χ0n) is 16.0. The molecule has 0 N–H and O–H groups in total. The monoisotopic (exact) mass is 384 g/mol. The van der Waals surface area contributed by atoms with Crippen molar-refractivity contribution in [2.45, 2.75) is 0 Å². The molecule has 0 spiro atoms. The summed E-state index contributed by atoms with van der Waals surface area (Å²) in [5.74, 6) is 0. The van der Waals surface area contributed by atoms with E-state index in [0.29, 0.717) is 0 Å². The number of hydrogen-bond acceptors (Lipinski definition) is 2. The highest BCUT2D eigenvalue weighted by Gasteiger charge is 2.19. The van der Waals surface area contributed by atoms with Gasteiger partial charge in [-0.1, -0.05) is 42.5 Å². The van der Waals surface area contributed by atoms with Crippen molar-refractivity contribution in [2.24, 2.45) is 0 Å². The van der Waals surface area contributed by atoms with Crippen LogP contribution in [0, 0.1) is 0 Å². The summed E-state index contributed by atoms with van der Waals surface area (Å²) in [4.78, 5) is 9.41. The summed E-state index contributed by atoms with van der Waals surface area (Å²) in [6, 6.07) is 27.7. The topological polar surface area (TPSA) is 35.1 Å². The van der Waals surface area contributed by atoms with Crippen molar-refractivity contribution in [2.75, 3.05) is 0 Å². The number of imidazole rings is 1. The van der Waals surface area contributed by atoms with Crippen LogP contribution in [-0.2, 0) is 0 Å². The van der Waals surface area contributed by atoms with Crippen LogP contribution in [0.4, 0.5) is 0 Å². The number of hydrogen-bond donors (Lipinski definition) is 0. The van der Waals surface area contributed by atoms with E-state index in [-0.39, 0.29) is 0 Å². The van der Waals surface area contributed by atoms with Gasteiger partial charge in [-0.15, -0.1) is 0 Å². The summed E-state index contributed by atoms with van der Waals surface area (Å²) < 4.78 is 4.57. The van der Waals surface area contributed by atoms with Crippen LogP contribution in [0.3, 0.4) is 0 Å². The molecule has 0 unspecified atom stereocenters. The molecule has 0 atom stereocenters. The van der Waals surface area contributed by atoms with E-state index in [4.69, 9.17) is 4.98 Å². The molecular formula is C26H16N4. The molecule has 0 saturated heterocycles. The van der Waals surface area contributed by atoms with Crippen LogP contribution in [0.2, 0.25) is 0 Å². The molecule has 0 saturated carbocycles. The second kappa shape index (κ2) is 5.67. The van der Waals surface area contributed by atoms with Crippen LogP contribution in [0.5, 0.6) is 0 Å². The van der Waals surface area contributed by atoms with Crippen LogP contribution in [0.1, 0.15) is 0 Å². The summed E-state index contributed by atoms with van der Waals surface area (Å²) >= 11 is 0. The summed E-state index contributed by atoms with van der Waals surface area (Å²) in [6.45, 7) is 0. The standard InChI is InChI=1S/C26H16N4/c1-2-7-17(8-3-1)30-22-11-5-4-9-18(22)19-12-13-20-23-21(10-6-14-27-23)26-28-15-16-29(26)24(20)25(19)30/h1-16H. The lowest BCUT2D eigenvalue weighted by Crippen LogP contribution is -1.98. The third kappa shape index (κ3) is 1.90. The van der Waals surface area contributed by atoms with Gasteiger partial charge in [-0.3, -0.25) is 9.38 Å². The molecule has 0 aliphatic heterocycles. The fourth-order valence-electron chi connectivity index (χ4n) is 4.80. The Hall–Kier alpha value is -4.18. The van der Waals surface area contributed by atoms with Crippen molar-refractivity contribution in [3.8, 4) is 5.69 Å². The van der Waals surface area contributed by atoms with Crippen molar-refractivity contribution in [1.29, 1.82) is 0 Å². The summed E-state index contributed by atoms with van der Waals surface area (Å²) in [7, 11) is 0. The van der Waals surface area contributed by atoms with E-state index < -0.39 is 0 Å². The van der Waals surface area contributed by atoms with Crippen molar-refractivity contribution in [1.82, 2.24) is 18.9 Å². The van der Waals surface area contributed by atoms with Crippen LogP contribution < -0.4 is 0 Å². The van der Waals surface area contributed by atoms with Gasteiger partial charge in [-0.25, -0.2) is 4.98 Å². The number of pyridine rings is 2. The average Bonchev–Trinajstić information content (AvgIpc) is 3.43. The molecule has 0 amide bonds. The molecule has 7 rings (SSSR count). The maximum Gasteiger partial charge on any atom is 0.146 e. The lowest BCUT2D eigenvalue weighted by Gasteiger charge is -2.12. The van der Waals surface area contributed by atoms with E-state index in [0.717, 1.165) is 33.1 Å². The molecule has 4 nitrogen and oxygen atoms in total. The maximum absolute atomic E-state index is 4.74.